The van der Waals surface area contributed by atoms with Gasteiger partial charge < -0.3 is 23.8 Å². The fourth-order valence-electron chi connectivity index (χ4n) is 13.5. The van der Waals surface area contributed by atoms with Gasteiger partial charge in [0.05, 0.1) is 19.3 Å². The van der Waals surface area contributed by atoms with Crippen molar-refractivity contribution in [3.05, 3.63) is 23.8 Å². The van der Waals surface area contributed by atoms with Gasteiger partial charge in [-0.15, -0.1) is 0 Å². The topological polar surface area (TPSA) is 57.2 Å². The minimum Gasteiger partial charge on any atom is -0.432 e. The average molecular weight is 866 g/mol. The monoisotopic (exact) mass is 866 g/mol. The molecule has 1 aliphatic heterocycles. The second kappa shape index (κ2) is 28.0. The van der Waals surface area contributed by atoms with Crippen LogP contribution in [0.5, 0.6) is 0 Å². The number of ether oxygens (including phenoxy) is 4. The number of hydrogen-bond donors (Lipinski definition) is 0. The molecule has 1 unspecified atom stereocenters. The zero-order chi connectivity index (χ0) is 44.0. The van der Waals surface area contributed by atoms with Gasteiger partial charge in [-0.05, 0) is 149 Å². The van der Waals surface area contributed by atoms with Crippen LogP contribution >= 0.6 is 0 Å². The summed E-state index contributed by atoms with van der Waals surface area (Å²) in [6, 6.07) is 0. The van der Waals surface area contributed by atoms with Crippen molar-refractivity contribution in [1.82, 2.24) is 4.90 Å². The first-order chi connectivity index (χ1) is 30.1. The standard InChI is InChI=1S/C56H99NO5/c1-7-8-9-10-11-12-13-14-15-16-17-18-19-20-21-25-39-59-44-49(43-57-37-23-22-24-38-57)60-40-41-61-54(58)62-48-33-35-55(5)47(42-48)29-30-50-52-32-31-51(46(4)28-26-27-45(2)3)56(52,6)36-34-53(50)55/h14-15,29,45-46,48-53H,7-13,16-28,30-44H2,1-6H3/b15-14-/t46-,48+,49?,50+,51-,52+,53+,55+,56-/m1/s1. The van der Waals surface area contributed by atoms with Crippen molar-refractivity contribution in [3.8, 4) is 0 Å². The lowest BCUT2D eigenvalue weighted by molar-refractivity contribution is -0.0668. The molecule has 358 valence electrons. The molecular weight excluding hydrogens is 767 g/mol. The van der Waals surface area contributed by atoms with E-state index in [1.54, 1.807) is 5.57 Å². The Kier molecular flexibility index (Phi) is 23.3. The van der Waals surface area contributed by atoms with Gasteiger partial charge in [0.25, 0.3) is 0 Å². The van der Waals surface area contributed by atoms with Crippen LogP contribution in [0.4, 0.5) is 4.79 Å². The maximum Gasteiger partial charge on any atom is 0.508 e. The molecule has 3 saturated carbocycles. The fraction of sp³-hybridized carbons (Fsp3) is 0.911. The third-order valence-corrected chi connectivity index (χ3v) is 17.2. The molecular formula is C56H99NO5. The Bertz CT molecular complexity index is 1290. The Morgan fingerprint density at radius 2 is 1.48 bits per heavy atom. The number of unbranched alkanes of at least 4 members (excludes halogenated alkanes) is 12. The summed E-state index contributed by atoms with van der Waals surface area (Å²) in [5.74, 6) is 5.02. The quantitative estimate of drug-likeness (QED) is 0.0407. The van der Waals surface area contributed by atoms with Gasteiger partial charge in [-0.25, -0.2) is 4.79 Å². The maximum atomic E-state index is 13.0. The zero-order valence-electron chi connectivity index (χ0n) is 41.6. The Morgan fingerprint density at radius 1 is 0.774 bits per heavy atom. The number of nitrogens with zero attached hydrogens (tertiary/aromatic N) is 1. The van der Waals surface area contributed by atoms with E-state index in [1.807, 2.05) is 0 Å². The molecule has 6 nitrogen and oxygen atoms in total. The first kappa shape index (κ1) is 51.6. The van der Waals surface area contributed by atoms with Crippen LogP contribution in [0.1, 0.15) is 221 Å². The smallest absolute Gasteiger partial charge is 0.432 e. The predicted molar refractivity (Wildman–Crippen MR) is 260 cm³/mol. The van der Waals surface area contributed by atoms with E-state index in [-0.39, 0.29) is 24.2 Å². The normalized spacial score (nSPS) is 29.9. The molecule has 0 spiro atoms. The van der Waals surface area contributed by atoms with E-state index in [9.17, 15) is 4.79 Å². The van der Waals surface area contributed by atoms with E-state index >= 15 is 0 Å². The zero-order valence-corrected chi connectivity index (χ0v) is 41.6. The highest BCUT2D eigenvalue weighted by Gasteiger charge is 2.59. The summed E-state index contributed by atoms with van der Waals surface area (Å²) >= 11 is 0. The van der Waals surface area contributed by atoms with Crippen molar-refractivity contribution in [2.75, 3.05) is 46.1 Å². The van der Waals surface area contributed by atoms with Crippen LogP contribution in [0.25, 0.3) is 0 Å². The van der Waals surface area contributed by atoms with Crippen molar-refractivity contribution < 1.29 is 23.7 Å². The fourth-order valence-corrected chi connectivity index (χ4v) is 13.5. The Balaban J connectivity index is 0.944. The Morgan fingerprint density at radius 3 is 2.21 bits per heavy atom. The van der Waals surface area contributed by atoms with E-state index in [4.69, 9.17) is 18.9 Å². The van der Waals surface area contributed by atoms with Crippen molar-refractivity contribution in [1.29, 1.82) is 0 Å². The number of allylic oxidation sites excluding steroid dienone is 3. The molecule has 1 saturated heterocycles. The minimum absolute atomic E-state index is 0.00851. The third kappa shape index (κ3) is 16.2. The van der Waals surface area contributed by atoms with Crippen LogP contribution in [0, 0.1) is 46.3 Å². The van der Waals surface area contributed by atoms with Gasteiger partial charge in [-0.3, -0.25) is 0 Å². The molecule has 5 aliphatic rings. The summed E-state index contributed by atoms with van der Waals surface area (Å²) in [6.45, 7) is 20.0. The van der Waals surface area contributed by atoms with Gasteiger partial charge in [0, 0.05) is 19.6 Å². The molecule has 0 N–H and O–H groups in total. The number of piperidine rings is 1. The van der Waals surface area contributed by atoms with Crippen molar-refractivity contribution in [3.63, 3.8) is 0 Å². The lowest BCUT2D eigenvalue weighted by Crippen LogP contribution is -2.51. The van der Waals surface area contributed by atoms with Crippen molar-refractivity contribution >= 4 is 6.16 Å². The van der Waals surface area contributed by atoms with Crippen LogP contribution in [0.3, 0.4) is 0 Å². The summed E-state index contributed by atoms with van der Waals surface area (Å²) in [5.41, 5.74) is 2.32. The number of likely N-dealkylation sites (tertiary alicyclic amines) is 1. The lowest BCUT2D eigenvalue weighted by atomic mass is 9.47. The van der Waals surface area contributed by atoms with Crippen molar-refractivity contribution in [2.45, 2.75) is 234 Å². The number of carbonyl (C=O) groups is 1. The molecule has 0 radical (unpaired) electrons. The molecule has 4 fully saturated rings. The first-order valence-corrected chi connectivity index (χ1v) is 27.2. The van der Waals surface area contributed by atoms with E-state index in [1.165, 1.54) is 154 Å². The molecule has 0 amide bonds. The molecule has 0 aromatic carbocycles. The van der Waals surface area contributed by atoms with Crippen LogP contribution in [-0.4, -0.2) is 69.3 Å². The molecule has 0 aromatic heterocycles. The van der Waals surface area contributed by atoms with E-state index in [0.29, 0.717) is 18.6 Å². The number of carbonyl (C=O) groups excluding carboxylic acids is 1. The number of rotatable bonds is 30. The van der Waals surface area contributed by atoms with Crippen LogP contribution in [-0.2, 0) is 18.9 Å². The molecule has 6 heteroatoms. The van der Waals surface area contributed by atoms with Crippen LogP contribution < -0.4 is 0 Å². The summed E-state index contributed by atoms with van der Waals surface area (Å²) < 4.78 is 24.1. The molecule has 62 heavy (non-hydrogen) atoms. The molecule has 0 aromatic rings. The third-order valence-electron chi connectivity index (χ3n) is 17.2. The summed E-state index contributed by atoms with van der Waals surface area (Å²) in [5, 5.41) is 0. The van der Waals surface area contributed by atoms with Crippen LogP contribution in [0.15, 0.2) is 23.8 Å². The largest absolute Gasteiger partial charge is 0.508 e. The summed E-state index contributed by atoms with van der Waals surface area (Å²) in [4.78, 5) is 15.5. The number of fused-ring (bicyclic) bond motifs is 5. The van der Waals surface area contributed by atoms with Gasteiger partial charge in [0.1, 0.15) is 12.7 Å². The minimum atomic E-state index is -0.534. The van der Waals surface area contributed by atoms with Crippen LogP contribution in [0.2, 0.25) is 0 Å². The molecule has 1 heterocycles. The summed E-state index contributed by atoms with van der Waals surface area (Å²) in [6.07, 6.45) is 43.0. The second-order valence-electron chi connectivity index (χ2n) is 22.2. The predicted octanol–water partition coefficient (Wildman–Crippen LogP) is 15.5. The van der Waals surface area contributed by atoms with Crippen molar-refractivity contribution in [2.24, 2.45) is 46.3 Å². The lowest BCUT2D eigenvalue weighted by Gasteiger charge is -2.58. The number of hydrogen-bond acceptors (Lipinski definition) is 6. The molecule has 5 rings (SSSR count). The Hall–Kier alpha value is -1.37. The highest BCUT2D eigenvalue weighted by atomic mass is 16.7. The van der Waals surface area contributed by atoms with Gasteiger partial charge in [0.15, 0.2) is 0 Å². The SMILES string of the molecule is CCCCCCCC/C=C\CCCCCCCCOCC(CN1CCCCC1)OCCOC(=O)O[C@H]1CC[C@@]2(C)C(=CC[C@H]3[C@@H]4CC[C@H]([C@H](C)CCCC(C)C)[C@@]4(C)CC[C@@H]32)C1. The van der Waals surface area contributed by atoms with Gasteiger partial charge in [0.2, 0.25) is 0 Å². The summed E-state index contributed by atoms with van der Waals surface area (Å²) in [7, 11) is 0. The first-order valence-electron chi connectivity index (χ1n) is 27.2. The van der Waals surface area contributed by atoms with E-state index < -0.39 is 6.16 Å². The highest BCUT2D eigenvalue weighted by Crippen LogP contribution is 2.67. The van der Waals surface area contributed by atoms with Gasteiger partial charge >= 0.3 is 6.16 Å². The Labute approximate surface area is 383 Å². The molecule has 9 atom stereocenters. The molecule has 4 aliphatic carbocycles. The second-order valence-corrected chi connectivity index (χ2v) is 22.2. The maximum absolute atomic E-state index is 13.0. The highest BCUT2D eigenvalue weighted by molar-refractivity contribution is 5.60. The van der Waals surface area contributed by atoms with Gasteiger partial charge in [-0.1, -0.05) is 149 Å². The van der Waals surface area contributed by atoms with E-state index in [2.05, 4.69) is 64.7 Å². The van der Waals surface area contributed by atoms with E-state index in [0.717, 1.165) is 87.4 Å². The molecule has 0 bridgehead atoms. The average Bonchev–Trinajstić information content (AvgIpc) is 3.62. The van der Waals surface area contributed by atoms with Gasteiger partial charge in [-0.2, -0.15) is 0 Å².